The Bertz CT molecular complexity index is 1350. The molecule has 0 saturated carbocycles. The van der Waals surface area contributed by atoms with Crippen molar-refractivity contribution in [3.8, 4) is 11.3 Å². The predicted molar refractivity (Wildman–Crippen MR) is 150 cm³/mol. The maximum Gasteiger partial charge on any atom is 0.213 e. The van der Waals surface area contributed by atoms with Crippen molar-refractivity contribution in [1.82, 2.24) is 0 Å². The lowest BCUT2D eigenvalue weighted by molar-refractivity contribution is -0.661. The second kappa shape index (κ2) is 11.7. The van der Waals surface area contributed by atoms with Gasteiger partial charge in [0.15, 0.2) is 0 Å². The standard InChI is InChI=1S/C31H33N2O2S/c34-20-10-8-18-32-27-15-5-4-14-26(27)25(22-29(32)24-12-2-1-3-13-24)23-31-33(19-9-11-21-35)28-16-6-7-17-30(28)36-31/h1-7,12-17,22-23,34-35H,8-11,18-21H2/q+1. The summed E-state index contributed by atoms with van der Waals surface area (Å²) in [5.74, 6) is 0. The zero-order valence-corrected chi connectivity index (χ0v) is 21.3. The van der Waals surface area contributed by atoms with E-state index in [4.69, 9.17) is 0 Å². The third-order valence-electron chi connectivity index (χ3n) is 6.65. The number of benzene rings is 3. The number of aromatic nitrogens is 1. The summed E-state index contributed by atoms with van der Waals surface area (Å²) in [7, 11) is 0. The van der Waals surface area contributed by atoms with Crippen LogP contribution in [0.3, 0.4) is 0 Å². The Morgan fingerprint density at radius 2 is 1.50 bits per heavy atom. The predicted octanol–water partition coefficient (Wildman–Crippen LogP) is 6.25. The maximum absolute atomic E-state index is 9.39. The highest BCUT2D eigenvalue weighted by Gasteiger charge is 2.26. The number of pyridine rings is 1. The zero-order chi connectivity index (χ0) is 24.7. The summed E-state index contributed by atoms with van der Waals surface area (Å²) in [6.45, 7) is 2.18. The third kappa shape index (κ3) is 5.19. The minimum atomic E-state index is 0.216. The number of aliphatic hydroxyl groups excluding tert-OH is 2. The van der Waals surface area contributed by atoms with Gasteiger partial charge in [-0.05, 0) is 61.2 Å². The topological polar surface area (TPSA) is 47.6 Å². The molecule has 1 aliphatic heterocycles. The lowest BCUT2D eigenvalue weighted by Crippen LogP contribution is -2.37. The van der Waals surface area contributed by atoms with E-state index in [0.29, 0.717) is 0 Å². The van der Waals surface area contributed by atoms with E-state index < -0.39 is 0 Å². The van der Waals surface area contributed by atoms with Crippen LogP contribution >= 0.6 is 11.8 Å². The van der Waals surface area contributed by atoms with Crippen LogP contribution in [0, 0.1) is 0 Å². The fourth-order valence-electron chi connectivity index (χ4n) is 4.88. The quantitative estimate of drug-likeness (QED) is 0.201. The second-order valence-electron chi connectivity index (χ2n) is 9.09. The molecular formula is C31H33N2O2S+. The molecule has 0 unspecified atom stereocenters. The number of unbranched alkanes of at least 4 members (excludes halogenated alkanes) is 2. The molecule has 0 aliphatic carbocycles. The first-order chi connectivity index (χ1) is 17.8. The van der Waals surface area contributed by atoms with Crippen molar-refractivity contribution in [1.29, 1.82) is 0 Å². The number of nitrogens with zero attached hydrogens (tertiary/aromatic N) is 2. The van der Waals surface area contributed by atoms with Gasteiger partial charge in [-0.1, -0.05) is 54.2 Å². The van der Waals surface area contributed by atoms with E-state index in [1.54, 1.807) is 0 Å². The monoisotopic (exact) mass is 497 g/mol. The van der Waals surface area contributed by atoms with E-state index in [1.165, 1.54) is 43.3 Å². The summed E-state index contributed by atoms with van der Waals surface area (Å²) in [4.78, 5) is 3.67. The molecule has 4 aromatic rings. The fourth-order valence-corrected chi connectivity index (χ4v) is 6.02. The Kier molecular flexibility index (Phi) is 8.01. The molecule has 3 aromatic carbocycles. The molecule has 0 amide bonds. The highest BCUT2D eigenvalue weighted by atomic mass is 32.2. The summed E-state index contributed by atoms with van der Waals surface area (Å²) in [5, 5.41) is 21.2. The number of rotatable bonds is 10. The molecule has 0 fully saturated rings. The van der Waals surface area contributed by atoms with Crippen LogP contribution in [0.2, 0.25) is 0 Å². The Morgan fingerprint density at radius 3 is 2.33 bits per heavy atom. The van der Waals surface area contributed by atoms with Gasteiger partial charge in [0.2, 0.25) is 11.2 Å². The van der Waals surface area contributed by atoms with E-state index in [1.807, 2.05) is 11.8 Å². The van der Waals surface area contributed by atoms with Gasteiger partial charge in [-0.3, -0.25) is 0 Å². The van der Waals surface area contributed by atoms with Crippen molar-refractivity contribution < 1.29 is 14.8 Å². The van der Waals surface area contributed by atoms with Crippen LogP contribution in [0.15, 0.2) is 94.9 Å². The molecule has 2 N–H and O–H groups in total. The third-order valence-corrected chi connectivity index (χ3v) is 7.77. The van der Waals surface area contributed by atoms with Crippen LogP contribution < -0.4 is 9.47 Å². The van der Waals surface area contributed by atoms with Gasteiger partial charge in [0.05, 0.1) is 16.1 Å². The molecule has 0 spiro atoms. The number of hydrogen-bond acceptors (Lipinski definition) is 4. The van der Waals surface area contributed by atoms with Crippen LogP contribution in [0.5, 0.6) is 0 Å². The smallest absolute Gasteiger partial charge is 0.213 e. The number of aliphatic hydroxyl groups is 2. The van der Waals surface area contributed by atoms with Crippen LogP contribution in [-0.4, -0.2) is 30.0 Å². The maximum atomic E-state index is 9.39. The highest BCUT2D eigenvalue weighted by Crippen LogP contribution is 2.47. The fraction of sp³-hybridized carbons (Fsp3) is 0.258. The van der Waals surface area contributed by atoms with E-state index >= 15 is 0 Å². The van der Waals surface area contributed by atoms with E-state index in [2.05, 4.69) is 100 Å². The van der Waals surface area contributed by atoms with E-state index in [9.17, 15) is 10.2 Å². The number of para-hydroxylation sites is 2. The van der Waals surface area contributed by atoms with Crippen LogP contribution in [0.1, 0.15) is 31.2 Å². The second-order valence-corrected chi connectivity index (χ2v) is 10.1. The van der Waals surface area contributed by atoms with Gasteiger partial charge in [-0.2, -0.15) is 4.57 Å². The van der Waals surface area contributed by atoms with Gasteiger partial charge in [0.25, 0.3) is 0 Å². The molecule has 5 heteroatoms. The van der Waals surface area contributed by atoms with Crippen molar-refractivity contribution in [2.45, 2.75) is 37.1 Å². The van der Waals surface area contributed by atoms with Crippen molar-refractivity contribution in [2.24, 2.45) is 0 Å². The summed E-state index contributed by atoms with van der Waals surface area (Å²) in [6.07, 6.45) is 5.79. The zero-order valence-electron chi connectivity index (χ0n) is 20.5. The molecule has 5 rings (SSSR count). The number of fused-ring (bicyclic) bond motifs is 2. The summed E-state index contributed by atoms with van der Waals surface area (Å²) < 4.78 is 2.40. The minimum absolute atomic E-state index is 0.216. The molecule has 0 atom stereocenters. The molecule has 184 valence electrons. The highest BCUT2D eigenvalue weighted by molar-refractivity contribution is 8.03. The number of thioether (sulfide) groups is 1. The lowest BCUT2D eigenvalue weighted by atomic mass is 10.0. The number of hydrogen-bond donors (Lipinski definition) is 2. The average Bonchev–Trinajstić information content (AvgIpc) is 3.27. The van der Waals surface area contributed by atoms with Crippen LogP contribution in [0.25, 0.3) is 28.2 Å². The van der Waals surface area contributed by atoms with Gasteiger partial charge in [0.1, 0.15) is 6.54 Å². The number of aryl methyl sites for hydroxylation is 1. The van der Waals surface area contributed by atoms with Gasteiger partial charge in [-0.15, -0.1) is 0 Å². The molecule has 36 heavy (non-hydrogen) atoms. The van der Waals surface area contributed by atoms with Gasteiger partial charge in [-0.25, -0.2) is 0 Å². The summed E-state index contributed by atoms with van der Waals surface area (Å²) in [6, 6.07) is 30.1. The van der Waals surface area contributed by atoms with Crippen molar-refractivity contribution in [3.63, 3.8) is 0 Å². The number of anilines is 1. The molecule has 0 saturated heterocycles. The molecule has 0 radical (unpaired) electrons. The first kappa shape index (κ1) is 24.6. The van der Waals surface area contributed by atoms with Gasteiger partial charge >= 0.3 is 0 Å². The Labute approximate surface area is 217 Å². The Hall–Kier alpha value is -3.12. The Morgan fingerprint density at radius 1 is 0.778 bits per heavy atom. The molecule has 2 heterocycles. The molecule has 4 nitrogen and oxygen atoms in total. The summed E-state index contributed by atoms with van der Waals surface area (Å²) >= 11 is 1.82. The van der Waals surface area contributed by atoms with Gasteiger partial charge in [0, 0.05) is 48.8 Å². The lowest BCUT2D eigenvalue weighted by Gasteiger charge is -2.20. The van der Waals surface area contributed by atoms with Crippen LogP contribution in [-0.2, 0) is 6.54 Å². The van der Waals surface area contributed by atoms with E-state index in [-0.39, 0.29) is 13.2 Å². The SMILES string of the molecule is OCCCCN1/C(=C\c2cc(-c3ccccc3)[n+](CCCCO)c3ccccc23)Sc2ccccc21. The first-order valence-corrected chi connectivity index (χ1v) is 13.6. The summed E-state index contributed by atoms with van der Waals surface area (Å²) in [5.41, 5.74) is 6.02. The van der Waals surface area contributed by atoms with Crippen molar-refractivity contribution in [3.05, 3.63) is 95.5 Å². The van der Waals surface area contributed by atoms with Crippen LogP contribution in [0.4, 0.5) is 5.69 Å². The minimum Gasteiger partial charge on any atom is -0.396 e. The van der Waals surface area contributed by atoms with Crippen molar-refractivity contribution in [2.75, 3.05) is 24.7 Å². The molecule has 1 aliphatic rings. The molecule has 1 aromatic heterocycles. The van der Waals surface area contributed by atoms with Crippen molar-refractivity contribution >= 4 is 34.4 Å². The largest absolute Gasteiger partial charge is 0.396 e. The Balaban J connectivity index is 1.64. The normalized spacial score (nSPS) is 14.1. The van der Waals surface area contributed by atoms with E-state index in [0.717, 1.165) is 38.8 Å². The average molecular weight is 498 g/mol. The molecule has 0 bridgehead atoms. The van der Waals surface area contributed by atoms with Gasteiger partial charge < -0.3 is 15.1 Å². The molecular weight excluding hydrogens is 464 g/mol. The first-order valence-electron chi connectivity index (χ1n) is 12.8.